The van der Waals surface area contributed by atoms with E-state index in [4.69, 9.17) is 11.6 Å². The van der Waals surface area contributed by atoms with Gasteiger partial charge in [0.2, 0.25) is 0 Å². The van der Waals surface area contributed by atoms with Crippen molar-refractivity contribution in [1.82, 2.24) is 9.78 Å². The first-order chi connectivity index (χ1) is 11.1. The molecule has 0 atom stereocenters. The quantitative estimate of drug-likeness (QED) is 0.722. The summed E-state index contributed by atoms with van der Waals surface area (Å²) in [4.78, 5) is 4.30. The number of benzene rings is 2. The first-order valence-electron chi connectivity index (χ1n) is 6.78. The molecule has 0 spiro atoms. The zero-order chi connectivity index (χ0) is 16.0. The van der Waals surface area contributed by atoms with Crippen LogP contribution >= 0.6 is 11.6 Å². The molecule has 4 nitrogen and oxygen atoms in total. The van der Waals surface area contributed by atoms with Crippen molar-refractivity contribution in [2.45, 2.75) is 0 Å². The van der Waals surface area contributed by atoms with Gasteiger partial charge >= 0.3 is 0 Å². The number of amidine groups is 1. The highest BCUT2D eigenvalue weighted by atomic mass is 35.5. The molecular formula is C16H9ClF2N4. The van der Waals surface area contributed by atoms with E-state index in [0.29, 0.717) is 17.2 Å². The number of nitrogens with zero attached hydrogens (tertiary/aromatic N) is 3. The number of fused-ring (bicyclic) bond motifs is 3. The summed E-state index contributed by atoms with van der Waals surface area (Å²) >= 11 is 6.12. The molecule has 0 aliphatic carbocycles. The Bertz CT molecular complexity index is 929. The van der Waals surface area contributed by atoms with Gasteiger partial charge in [0.1, 0.15) is 22.5 Å². The summed E-state index contributed by atoms with van der Waals surface area (Å²) in [6, 6.07) is 10.9. The van der Waals surface area contributed by atoms with Crippen LogP contribution in [0.5, 0.6) is 0 Å². The number of aromatic nitrogens is 2. The van der Waals surface area contributed by atoms with E-state index in [-0.39, 0.29) is 16.4 Å². The van der Waals surface area contributed by atoms with Gasteiger partial charge in [-0.05, 0) is 24.3 Å². The second kappa shape index (κ2) is 5.17. The molecule has 0 radical (unpaired) electrons. The molecule has 0 saturated carbocycles. The number of rotatable bonds is 1. The Hall–Kier alpha value is -2.73. The molecule has 0 amide bonds. The lowest BCUT2D eigenvalue weighted by Crippen LogP contribution is -2.17. The Kier molecular flexibility index (Phi) is 3.12. The van der Waals surface area contributed by atoms with Crippen molar-refractivity contribution in [2.24, 2.45) is 4.99 Å². The molecule has 0 bridgehead atoms. The van der Waals surface area contributed by atoms with E-state index in [1.807, 2.05) is 12.1 Å². The topological polar surface area (TPSA) is 42.2 Å². The number of anilines is 1. The second-order valence-electron chi connectivity index (χ2n) is 4.93. The molecule has 3 aromatic rings. The molecule has 1 aliphatic rings. The molecule has 2 heterocycles. The Balaban J connectivity index is 2.01. The van der Waals surface area contributed by atoms with Gasteiger partial charge in [0, 0.05) is 0 Å². The van der Waals surface area contributed by atoms with Crippen LogP contribution in [0.3, 0.4) is 0 Å². The molecule has 0 unspecified atom stereocenters. The number of halogens is 3. The Morgan fingerprint density at radius 1 is 1.00 bits per heavy atom. The largest absolute Gasteiger partial charge is 0.338 e. The van der Waals surface area contributed by atoms with Gasteiger partial charge in [0.05, 0.1) is 23.1 Å². The van der Waals surface area contributed by atoms with Gasteiger partial charge in [0.15, 0.2) is 5.82 Å². The Morgan fingerprint density at radius 3 is 2.52 bits per heavy atom. The lowest BCUT2D eigenvalue weighted by Gasteiger charge is -2.11. The van der Waals surface area contributed by atoms with E-state index in [1.165, 1.54) is 29.1 Å². The van der Waals surface area contributed by atoms with Crippen molar-refractivity contribution >= 4 is 28.9 Å². The summed E-state index contributed by atoms with van der Waals surface area (Å²) in [5.74, 6) is -1.08. The minimum atomic E-state index is -0.710. The first kappa shape index (κ1) is 13.9. The minimum absolute atomic E-state index is 0.0363. The number of hydrogen-bond acceptors (Lipinski definition) is 3. The van der Waals surface area contributed by atoms with Crippen LogP contribution in [-0.2, 0) is 0 Å². The summed E-state index contributed by atoms with van der Waals surface area (Å²) in [5, 5.41) is 7.44. The summed E-state index contributed by atoms with van der Waals surface area (Å²) in [6.45, 7) is 0. The number of nitrogens with one attached hydrogen (secondary N) is 1. The molecule has 1 N–H and O–H groups in total. The van der Waals surface area contributed by atoms with Crippen molar-refractivity contribution in [3.8, 4) is 5.69 Å². The third-order valence-corrected chi connectivity index (χ3v) is 3.77. The molecule has 0 fully saturated rings. The maximum Gasteiger partial charge on any atom is 0.176 e. The molecule has 1 aromatic heterocycles. The average Bonchev–Trinajstić information content (AvgIpc) is 2.80. The average molecular weight is 331 g/mol. The minimum Gasteiger partial charge on any atom is -0.338 e. The van der Waals surface area contributed by atoms with Crippen LogP contribution in [0, 0.1) is 11.6 Å². The summed E-state index contributed by atoms with van der Waals surface area (Å²) in [5.41, 5.74) is 1.06. The SMILES string of the molecule is Fc1cccc(F)c1C1=Nc2c(Cl)cnn2-c2ccccc2N1. The number of aliphatic imine (C=N–C) groups is 1. The molecule has 2 aromatic carbocycles. The van der Waals surface area contributed by atoms with Crippen LogP contribution in [-0.4, -0.2) is 15.6 Å². The van der Waals surface area contributed by atoms with Crippen molar-refractivity contribution < 1.29 is 8.78 Å². The standard InChI is InChI=1S/C16H9ClF2N4/c17-9-8-20-23-13-7-2-1-6-12(13)21-15(22-16(9)23)14-10(18)4-3-5-11(14)19/h1-8H,(H,21,22). The van der Waals surface area contributed by atoms with Gasteiger partial charge in [-0.25, -0.2) is 18.5 Å². The van der Waals surface area contributed by atoms with Gasteiger partial charge in [-0.2, -0.15) is 5.10 Å². The van der Waals surface area contributed by atoms with Crippen LogP contribution in [0.15, 0.2) is 53.7 Å². The predicted octanol–water partition coefficient (Wildman–Crippen LogP) is 4.31. The summed E-state index contributed by atoms with van der Waals surface area (Å²) < 4.78 is 29.8. The lowest BCUT2D eigenvalue weighted by atomic mass is 10.1. The lowest BCUT2D eigenvalue weighted by molar-refractivity contribution is 0.579. The molecular weight excluding hydrogens is 322 g/mol. The van der Waals surface area contributed by atoms with E-state index in [1.54, 1.807) is 12.1 Å². The van der Waals surface area contributed by atoms with Crippen molar-refractivity contribution in [3.63, 3.8) is 0 Å². The molecule has 4 rings (SSSR count). The number of hydrogen-bond donors (Lipinski definition) is 1. The Morgan fingerprint density at radius 2 is 1.74 bits per heavy atom. The van der Waals surface area contributed by atoms with E-state index < -0.39 is 11.6 Å². The molecule has 114 valence electrons. The van der Waals surface area contributed by atoms with Crippen LogP contribution in [0.4, 0.5) is 20.3 Å². The highest BCUT2D eigenvalue weighted by Gasteiger charge is 2.23. The van der Waals surface area contributed by atoms with Crippen LogP contribution in [0.1, 0.15) is 5.56 Å². The monoisotopic (exact) mass is 330 g/mol. The normalized spacial score (nSPS) is 12.7. The summed E-state index contributed by atoms with van der Waals surface area (Å²) in [7, 11) is 0. The van der Waals surface area contributed by atoms with Gasteiger partial charge in [0.25, 0.3) is 0 Å². The van der Waals surface area contributed by atoms with E-state index >= 15 is 0 Å². The number of para-hydroxylation sites is 2. The van der Waals surface area contributed by atoms with Crippen molar-refractivity contribution in [1.29, 1.82) is 0 Å². The highest BCUT2D eigenvalue weighted by Crippen LogP contribution is 2.34. The molecule has 7 heteroatoms. The van der Waals surface area contributed by atoms with Crippen LogP contribution in [0.2, 0.25) is 5.02 Å². The zero-order valence-electron chi connectivity index (χ0n) is 11.6. The predicted molar refractivity (Wildman–Crippen MR) is 84.8 cm³/mol. The van der Waals surface area contributed by atoms with Crippen molar-refractivity contribution in [3.05, 3.63) is 70.9 Å². The van der Waals surface area contributed by atoms with Crippen molar-refractivity contribution in [2.75, 3.05) is 5.32 Å². The Labute approximate surface area is 135 Å². The summed E-state index contributed by atoms with van der Waals surface area (Å²) in [6.07, 6.45) is 1.44. The molecule has 0 saturated heterocycles. The molecule has 23 heavy (non-hydrogen) atoms. The fraction of sp³-hybridized carbons (Fsp3) is 0. The van der Waals surface area contributed by atoms with Gasteiger partial charge in [-0.3, -0.25) is 0 Å². The zero-order valence-corrected chi connectivity index (χ0v) is 12.4. The van der Waals surface area contributed by atoms with Crippen LogP contribution < -0.4 is 5.32 Å². The van der Waals surface area contributed by atoms with Gasteiger partial charge in [-0.1, -0.05) is 29.8 Å². The molecule has 1 aliphatic heterocycles. The fourth-order valence-electron chi connectivity index (χ4n) is 2.47. The van der Waals surface area contributed by atoms with E-state index in [9.17, 15) is 8.78 Å². The van der Waals surface area contributed by atoms with Gasteiger partial charge in [-0.15, -0.1) is 0 Å². The first-order valence-corrected chi connectivity index (χ1v) is 7.16. The fourth-order valence-corrected chi connectivity index (χ4v) is 2.63. The van der Waals surface area contributed by atoms with E-state index in [0.717, 1.165) is 0 Å². The maximum atomic E-state index is 14.1. The van der Waals surface area contributed by atoms with Gasteiger partial charge < -0.3 is 5.32 Å². The second-order valence-corrected chi connectivity index (χ2v) is 5.33. The smallest absolute Gasteiger partial charge is 0.176 e. The third kappa shape index (κ3) is 2.19. The maximum absolute atomic E-state index is 14.1. The van der Waals surface area contributed by atoms with E-state index in [2.05, 4.69) is 15.4 Å². The third-order valence-electron chi connectivity index (χ3n) is 3.50. The van der Waals surface area contributed by atoms with Crippen LogP contribution in [0.25, 0.3) is 5.69 Å². The highest BCUT2D eigenvalue weighted by molar-refractivity contribution is 6.33.